The number of carbonyl (C=O) groups excluding carboxylic acids is 1. The van der Waals surface area contributed by atoms with Crippen LogP contribution in [0.2, 0.25) is 0 Å². The molecule has 2 aromatic heterocycles. The fourth-order valence-corrected chi connectivity index (χ4v) is 2.95. The summed E-state index contributed by atoms with van der Waals surface area (Å²) in [7, 11) is 0. The van der Waals surface area contributed by atoms with E-state index in [9.17, 15) is 4.79 Å². The van der Waals surface area contributed by atoms with E-state index in [-0.39, 0.29) is 5.91 Å². The highest BCUT2D eigenvalue weighted by molar-refractivity contribution is 5.92. The van der Waals surface area contributed by atoms with Crippen molar-refractivity contribution in [3.05, 3.63) is 36.7 Å². The van der Waals surface area contributed by atoms with Crippen LogP contribution in [0.5, 0.6) is 0 Å². The molecule has 7 heteroatoms. The van der Waals surface area contributed by atoms with Gasteiger partial charge >= 0.3 is 0 Å². The van der Waals surface area contributed by atoms with E-state index in [1.54, 1.807) is 12.7 Å². The number of hydrogen-bond acceptors (Lipinski definition) is 4. The lowest BCUT2D eigenvalue weighted by Gasteiger charge is -2.35. The number of amides is 1. The molecule has 3 rings (SSSR count). The Morgan fingerprint density at radius 3 is 2.65 bits per heavy atom. The van der Waals surface area contributed by atoms with Crippen LogP contribution in [0.3, 0.4) is 0 Å². The van der Waals surface area contributed by atoms with E-state index in [1.807, 2.05) is 32.5 Å². The van der Waals surface area contributed by atoms with Gasteiger partial charge in [0.25, 0.3) is 5.91 Å². The van der Waals surface area contributed by atoms with Crippen molar-refractivity contribution in [2.75, 3.05) is 32.7 Å². The topological polar surface area (TPSA) is 59.2 Å². The largest absolute Gasteiger partial charge is 0.341 e. The van der Waals surface area contributed by atoms with Gasteiger partial charge in [0, 0.05) is 45.0 Å². The minimum atomic E-state index is 0.139. The molecule has 124 valence electrons. The van der Waals surface area contributed by atoms with Crippen LogP contribution in [-0.4, -0.2) is 67.8 Å². The molecule has 0 aromatic carbocycles. The standard InChI is InChI=1S/C16H24N6O/c1-14(2)22-5-3-4-15(22)16(23)20-9-6-19(7-10-20)8-11-21-13-17-12-18-21/h3-5,12-14H,6-11H2,1-2H3. The maximum absolute atomic E-state index is 12.7. The van der Waals surface area contributed by atoms with Crippen molar-refractivity contribution in [1.82, 2.24) is 29.1 Å². The van der Waals surface area contributed by atoms with Crippen molar-refractivity contribution in [1.29, 1.82) is 0 Å². The molecule has 1 saturated heterocycles. The van der Waals surface area contributed by atoms with Gasteiger partial charge in [0.05, 0.1) is 6.54 Å². The fraction of sp³-hybridized carbons (Fsp3) is 0.562. The Kier molecular flexibility index (Phi) is 4.76. The number of carbonyl (C=O) groups is 1. The Morgan fingerprint density at radius 1 is 1.22 bits per heavy atom. The Hall–Kier alpha value is -2.15. The lowest BCUT2D eigenvalue weighted by atomic mass is 10.2. The van der Waals surface area contributed by atoms with Gasteiger partial charge in [-0.3, -0.25) is 14.4 Å². The first kappa shape index (κ1) is 15.7. The number of hydrogen-bond donors (Lipinski definition) is 0. The van der Waals surface area contributed by atoms with E-state index >= 15 is 0 Å². The third kappa shape index (κ3) is 3.61. The molecule has 7 nitrogen and oxygen atoms in total. The predicted molar refractivity (Wildman–Crippen MR) is 87.2 cm³/mol. The number of nitrogens with zero attached hydrogens (tertiary/aromatic N) is 6. The van der Waals surface area contributed by atoms with Crippen molar-refractivity contribution in [3.8, 4) is 0 Å². The van der Waals surface area contributed by atoms with Gasteiger partial charge in [-0.15, -0.1) is 0 Å². The third-order valence-electron chi connectivity index (χ3n) is 4.33. The quantitative estimate of drug-likeness (QED) is 0.829. The summed E-state index contributed by atoms with van der Waals surface area (Å²) in [6.45, 7) is 9.33. The van der Waals surface area contributed by atoms with Crippen molar-refractivity contribution in [3.63, 3.8) is 0 Å². The van der Waals surface area contributed by atoms with E-state index in [4.69, 9.17) is 0 Å². The summed E-state index contributed by atoms with van der Waals surface area (Å²) >= 11 is 0. The summed E-state index contributed by atoms with van der Waals surface area (Å²) in [6.07, 6.45) is 5.27. The van der Waals surface area contributed by atoms with Crippen molar-refractivity contribution in [2.45, 2.75) is 26.4 Å². The highest BCUT2D eigenvalue weighted by Crippen LogP contribution is 2.14. The summed E-state index contributed by atoms with van der Waals surface area (Å²) < 4.78 is 3.88. The molecule has 0 bridgehead atoms. The molecule has 0 unspecified atom stereocenters. The zero-order valence-corrected chi connectivity index (χ0v) is 13.8. The molecule has 3 heterocycles. The molecule has 1 aliphatic rings. The van der Waals surface area contributed by atoms with Crippen LogP contribution in [0, 0.1) is 0 Å². The van der Waals surface area contributed by atoms with Crippen LogP contribution in [0.25, 0.3) is 0 Å². The minimum Gasteiger partial charge on any atom is -0.341 e. The summed E-state index contributed by atoms with van der Waals surface area (Å²) in [5.41, 5.74) is 0.788. The molecule has 2 aromatic rings. The number of piperazine rings is 1. The van der Waals surface area contributed by atoms with Crippen LogP contribution < -0.4 is 0 Å². The van der Waals surface area contributed by atoms with E-state index in [2.05, 4.69) is 28.8 Å². The summed E-state index contributed by atoms with van der Waals surface area (Å²) in [5.74, 6) is 0.139. The summed E-state index contributed by atoms with van der Waals surface area (Å²) in [6, 6.07) is 4.16. The molecular formula is C16H24N6O. The SMILES string of the molecule is CC(C)n1cccc1C(=O)N1CCN(CCn2cncn2)CC1. The second-order valence-electron chi connectivity index (χ2n) is 6.19. The average Bonchev–Trinajstić information content (AvgIpc) is 3.24. The minimum absolute atomic E-state index is 0.139. The highest BCUT2D eigenvalue weighted by atomic mass is 16.2. The monoisotopic (exact) mass is 316 g/mol. The summed E-state index contributed by atoms with van der Waals surface area (Å²) in [5, 5.41) is 4.12. The van der Waals surface area contributed by atoms with Crippen LogP contribution in [0.4, 0.5) is 0 Å². The molecule has 1 aliphatic heterocycles. The molecule has 0 radical (unpaired) electrons. The Morgan fingerprint density at radius 2 is 2.00 bits per heavy atom. The molecule has 23 heavy (non-hydrogen) atoms. The molecule has 0 N–H and O–H groups in total. The van der Waals surface area contributed by atoms with E-state index in [0.29, 0.717) is 6.04 Å². The third-order valence-corrected chi connectivity index (χ3v) is 4.33. The first-order valence-corrected chi connectivity index (χ1v) is 8.16. The molecular weight excluding hydrogens is 292 g/mol. The Labute approximate surface area is 136 Å². The molecule has 0 spiro atoms. The molecule has 0 saturated carbocycles. The Bertz CT molecular complexity index is 625. The van der Waals surface area contributed by atoms with Crippen molar-refractivity contribution in [2.24, 2.45) is 0 Å². The zero-order valence-electron chi connectivity index (χ0n) is 13.8. The van der Waals surface area contributed by atoms with Gasteiger partial charge in [0.1, 0.15) is 18.3 Å². The number of aromatic nitrogens is 4. The Balaban J connectivity index is 1.52. The van der Waals surface area contributed by atoms with Crippen LogP contribution in [0.15, 0.2) is 31.0 Å². The maximum atomic E-state index is 12.7. The second-order valence-corrected chi connectivity index (χ2v) is 6.19. The van der Waals surface area contributed by atoms with Crippen LogP contribution in [-0.2, 0) is 6.54 Å². The number of rotatable bonds is 5. The lowest BCUT2D eigenvalue weighted by Crippen LogP contribution is -2.49. The first-order chi connectivity index (χ1) is 11.1. The second kappa shape index (κ2) is 6.95. The summed E-state index contributed by atoms with van der Waals surface area (Å²) in [4.78, 5) is 21.0. The lowest BCUT2D eigenvalue weighted by molar-refractivity contribution is 0.0620. The van der Waals surface area contributed by atoms with Gasteiger partial charge in [0.2, 0.25) is 0 Å². The zero-order chi connectivity index (χ0) is 16.2. The van der Waals surface area contributed by atoms with E-state index < -0.39 is 0 Å². The van der Waals surface area contributed by atoms with E-state index in [1.165, 1.54) is 0 Å². The molecule has 1 fully saturated rings. The first-order valence-electron chi connectivity index (χ1n) is 8.16. The molecule has 1 amide bonds. The normalized spacial score (nSPS) is 16.2. The average molecular weight is 316 g/mol. The smallest absolute Gasteiger partial charge is 0.270 e. The van der Waals surface area contributed by atoms with Crippen molar-refractivity contribution < 1.29 is 4.79 Å². The molecule has 0 atom stereocenters. The van der Waals surface area contributed by atoms with Gasteiger partial charge in [-0.05, 0) is 26.0 Å². The maximum Gasteiger partial charge on any atom is 0.270 e. The van der Waals surface area contributed by atoms with Gasteiger partial charge in [-0.1, -0.05) is 0 Å². The van der Waals surface area contributed by atoms with E-state index in [0.717, 1.165) is 45.0 Å². The van der Waals surface area contributed by atoms with Gasteiger partial charge in [0.15, 0.2) is 0 Å². The molecule has 0 aliphatic carbocycles. The van der Waals surface area contributed by atoms with Crippen molar-refractivity contribution >= 4 is 5.91 Å². The highest BCUT2D eigenvalue weighted by Gasteiger charge is 2.24. The van der Waals surface area contributed by atoms with Crippen LogP contribution in [0.1, 0.15) is 30.4 Å². The van der Waals surface area contributed by atoms with Crippen LogP contribution >= 0.6 is 0 Å². The van der Waals surface area contributed by atoms with Gasteiger partial charge < -0.3 is 9.47 Å². The van der Waals surface area contributed by atoms with Gasteiger partial charge in [-0.25, -0.2) is 4.98 Å². The van der Waals surface area contributed by atoms with Gasteiger partial charge in [-0.2, -0.15) is 5.10 Å². The fourth-order valence-electron chi connectivity index (χ4n) is 2.95. The predicted octanol–water partition coefficient (Wildman–Crippen LogP) is 1.12.